The van der Waals surface area contributed by atoms with Gasteiger partial charge in [0.05, 0.1) is 6.10 Å². The largest absolute Gasteiger partial charge is 0.478 e. The average Bonchev–Trinajstić information content (AvgIpc) is 2.48. The molecule has 102 valence electrons. The fourth-order valence-corrected chi connectivity index (χ4v) is 2.46. The minimum Gasteiger partial charge on any atom is -0.478 e. The van der Waals surface area contributed by atoms with Crippen LogP contribution in [-0.2, 0) is 4.79 Å². The summed E-state index contributed by atoms with van der Waals surface area (Å²) in [5, 5.41) is 18.3. The van der Waals surface area contributed by atoms with Gasteiger partial charge in [-0.1, -0.05) is 25.2 Å². The van der Waals surface area contributed by atoms with Crippen LogP contribution in [0.25, 0.3) is 0 Å². The van der Waals surface area contributed by atoms with Crippen LogP contribution < -0.4 is 0 Å². The van der Waals surface area contributed by atoms with Crippen LogP contribution in [0.1, 0.15) is 46.0 Å². The van der Waals surface area contributed by atoms with E-state index in [4.69, 9.17) is 5.11 Å². The summed E-state index contributed by atoms with van der Waals surface area (Å²) in [6.45, 7) is 7.66. The van der Waals surface area contributed by atoms with Gasteiger partial charge in [-0.2, -0.15) is 0 Å². The van der Waals surface area contributed by atoms with E-state index in [0.29, 0.717) is 11.5 Å². The molecule has 0 heterocycles. The highest BCUT2D eigenvalue weighted by atomic mass is 16.4. The second-order valence-corrected chi connectivity index (χ2v) is 5.41. The molecule has 2 N–H and O–H groups in total. The molecule has 0 bridgehead atoms. The Hall–Kier alpha value is -1.09. The zero-order valence-electron chi connectivity index (χ0n) is 11.4. The number of hydrogen-bond acceptors (Lipinski definition) is 2. The third-order valence-corrected chi connectivity index (χ3v) is 3.86. The minimum atomic E-state index is -0.881. The van der Waals surface area contributed by atoms with E-state index in [9.17, 15) is 9.90 Å². The maximum absolute atomic E-state index is 10.9. The van der Waals surface area contributed by atoms with Gasteiger partial charge in [0, 0.05) is 5.57 Å². The Balaban J connectivity index is 2.64. The van der Waals surface area contributed by atoms with Crippen LogP contribution >= 0.6 is 0 Å². The molecular formula is C15H24O3. The van der Waals surface area contributed by atoms with E-state index in [0.717, 1.165) is 32.1 Å². The van der Waals surface area contributed by atoms with Crippen LogP contribution in [-0.4, -0.2) is 22.3 Å². The number of carboxylic acids is 1. The number of aliphatic hydroxyl groups excluding tert-OH is 1. The first-order valence-electron chi connectivity index (χ1n) is 6.71. The van der Waals surface area contributed by atoms with E-state index < -0.39 is 5.97 Å². The van der Waals surface area contributed by atoms with Gasteiger partial charge in [0.2, 0.25) is 0 Å². The first-order chi connectivity index (χ1) is 8.41. The molecule has 3 nitrogen and oxygen atoms in total. The fourth-order valence-electron chi connectivity index (χ4n) is 2.46. The van der Waals surface area contributed by atoms with E-state index in [-0.39, 0.29) is 12.0 Å². The van der Waals surface area contributed by atoms with Gasteiger partial charge >= 0.3 is 5.97 Å². The Kier molecular flexibility index (Phi) is 5.60. The third-order valence-electron chi connectivity index (χ3n) is 3.86. The summed E-state index contributed by atoms with van der Waals surface area (Å²) in [5.41, 5.74) is 1.69. The predicted octanol–water partition coefficient (Wildman–Crippen LogP) is 3.15. The maximum atomic E-state index is 10.9. The van der Waals surface area contributed by atoms with Gasteiger partial charge < -0.3 is 10.2 Å². The van der Waals surface area contributed by atoms with Gasteiger partial charge in [0.25, 0.3) is 0 Å². The molecule has 0 aromatic heterocycles. The first kappa shape index (κ1) is 15.0. The standard InChI is InChI=1S/C15H24O3/c1-10-4-6-14(12(3)15(17)18)9-8-13(10)7-5-11(2)16/h8,10-11,14,16H,3-7,9H2,1-2H3,(H,17,18)/t10-,11-,14+/m0/s1. The molecule has 3 heteroatoms. The van der Waals surface area contributed by atoms with Crippen molar-refractivity contribution in [1.82, 2.24) is 0 Å². The lowest BCUT2D eigenvalue weighted by Crippen LogP contribution is -2.11. The summed E-state index contributed by atoms with van der Waals surface area (Å²) in [6, 6.07) is 0. The Morgan fingerprint density at radius 1 is 1.56 bits per heavy atom. The number of hydrogen-bond donors (Lipinski definition) is 2. The highest BCUT2D eigenvalue weighted by Gasteiger charge is 2.22. The summed E-state index contributed by atoms with van der Waals surface area (Å²) in [4.78, 5) is 10.9. The smallest absolute Gasteiger partial charge is 0.331 e. The van der Waals surface area contributed by atoms with Crippen LogP contribution in [0.15, 0.2) is 23.8 Å². The molecule has 0 aromatic carbocycles. The van der Waals surface area contributed by atoms with E-state index in [1.54, 1.807) is 6.92 Å². The van der Waals surface area contributed by atoms with Crippen LogP contribution in [0.4, 0.5) is 0 Å². The zero-order valence-corrected chi connectivity index (χ0v) is 11.4. The molecule has 0 spiro atoms. The van der Waals surface area contributed by atoms with Crippen molar-refractivity contribution in [2.45, 2.75) is 52.1 Å². The molecule has 0 saturated heterocycles. The van der Waals surface area contributed by atoms with Crippen molar-refractivity contribution in [3.8, 4) is 0 Å². The number of aliphatic carboxylic acids is 1. The van der Waals surface area contributed by atoms with Gasteiger partial charge in [-0.05, 0) is 50.9 Å². The first-order valence-corrected chi connectivity index (χ1v) is 6.71. The number of carbonyl (C=O) groups is 1. The van der Waals surface area contributed by atoms with Crippen molar-refractivity contribution in [2.75, 3.05) is 0 Å². The number of aliphatic hydroxyl groups is 1. The highest BCUT2D eigenvalue weighted by molar-refractivity contribution is 5.86. The summed E-state index contributed by atoms with van der Waals surface area (Å²) in [5.74, 6) is -0.335. The van der Waals surface area contributed by atoms with Gasteiger partial charge in [0.1, 0.15) is 0 Å². The summed E-state index contributed by atoms with van der Waals surface area (Å²) >= 11 is 0. The number of carboxylic acid groups (broad SMARTS) is 1. The molecule has 0 unspecified atom stereocenters. The summed E-state index contributed by atoms with van der Waals surface area (Å²) in [7, 11) is 0. The number of rotatable bonds is 5. The lowest BCUT2D eigenvalue weighted by molar-refractivity contribution is -0.133. The van der Waals surface area contributed by atoms with Crippen molar-refractivity contribution in [3.05, 3.63) is 23.8 Å². The van der Waals surface area contributed by atoms with Crippen LogP contribution in [0.3, 0.4) is 0 Å². The highest BCUT2D eigenvalue weighted by Crippen LogP contribution is 2.32. The van der Waals surface area contributed by atoms with Gasteiger partial charge in [-0.3, -0.25) is 0 Å². The summed E-state index contributed by atoms with van der Waals surface area (Å²) < 4.78 is 0. The van der Waals surface area contributed by atoms with Gasteiger partial charge in [0.15, 0.2) is 0 Å². The lowest BCUT2D eigenvalue weighted by atomic mass is 9.90. The molecule has 0 radical (unpaired) electrons. The molecule has 1 aliphatic carbocycles. The molecule has 1 aliphatic rings. The van der Waals surface area contributed by atoms with E-state index in [1.165, 1.54) is 5.57 Å². The van der Waals surface area contributed by atoms with Crippen molar-refractivity contribution in [2.24, 2.45) is 11.8 Å². The fraction of sp³-hybridized carbons (Fsp3) is 0.667. The quantitative estimate of drug-likeness (QED) is 0.583. The Bertz CT molecular complexity index is 342. The van der Waals surface area contributed by atoms with E-state index in [1.807, 2.05) is 0 Å². The van der Waals surface area contributed by atoms with E-state index in [2.05, 4.69) is 19.6 Å². The normalized spacial score (nSPS) is 26.1. The van der Waals surface area contributed by atoms with Gasteiger partial charge in [-0.15, -0.1) is 0 Å². The Morgan fingerprint density at radius 3 is 2.78 bits per heavy atom. The second-order valence-electron chi connectivity index (χ2n) is 5.41. The molecule has 0 aromatic rings. The second kappa shape index (κ2) is 6.74. The zero-order chi connectivity index (χ0) is 13.7. The summed E-state index contributed by atoms with van der Waals surface area (Å²) in [6.07, 6.45) is 6.24. The van der Waals surface area contributed by atoms with Crippen LogP contribution in [0.5, 0.6) is 0 Å². The van der Waals surface area contributed by atoms with Crippen molar-refractivity contribution in [3.63, 3.8) is 0 Å². The minimum absolute atomic E-state index is 0.0639. The van der Waals surface area contributed by atoms with Crippen LogP contribution in [0.2, 0.25) is 0 Å². The molecule has 0 aliphatic heterocycles. The molecular weight excluding hydrogens is 228 g/mol. The predicted molar refractivity (Wildman–Crippen MR) is 72.3 cm³/mol. The molecule has 18 heavy (non-hydrogen) atoms. The number of allylic oxidation sites excluding steroid dienone is 2. The monoisotopic (exact) mass is 252 g/mol. The third kappa shape index (κ3) is 4.30. The van der Waals surface area contributed by atoms with Crippen molar-refractivity contribution >= 4 is 5.97 Å². The van der Waals surface area contributed by atoms with E-state index >= 15 is 0 Å². The lowest BCUT2D eigenvalue weighted by Gasteiger charge is -2.15. The Labute approximate surface area is 109 Å². The SMILES string of the molecule is C=C(C(=O)O)[C@H]1CC=C(CC[C@H](C)O)[C@@H](C)CC1. The van der Waals surface area contributed by atoms with Crippen LogP contribution in [0, 0.1) is 11.8 Å². The molecule has 0 amide bonds. The maximum Gasteiger partial charge on any atom is 0.331 e. The molecule has 1 rings (SSSR count). The molecule has 3 atom stereocenters. The molecule has 0 fully saturated rings. The average molecular weight is 252 g/mol. The van der Waals surface area contributed by atoms with Crippen molar-refractivity contribution in [1.29, 1.82) is 0 Å². The van der Waals surface area contributed by atoms with Crippen molar-refractivity contribution < 1.29 is 15.0 Å². The van der Waals surface area contributed by atoms with Gasteiger partial charge in [-0.25, -0.2) is 4.79 Å². The topological polar surface area (TPSA) is 57.5 Å². The Morgan fingerprint density at radius 2 is 2.22 bits per heavy atom. The molecule has 0 saturated carbocycles.